The molecule has 3 atom stereocenters. The number of aliphatic carboxylic acids is 3. The second-order valence-electron chi connectivity index (χ2n) is 18.0. The zero-order valence-electron chi connectivity index (χ0n) is 38.1. The van der Waals surface area contributed by atoms with Crippen LogP contribution >= 0.6 is 12.6 Å². The van der Waals surface area contributed by atoms with Gasteiger partial charge in [-0.1, -0.05) is 0 Å². The first-order valence-electron chi connectivity index (χ1n) is 21.4. The van der Waals surface area contributed by atoms with E-state index in [0.717, 1.165) is 0 Å². The molecule has 0 spiro atoms. The van der Waals surface area contributed by atoms with E-state index in [1.165, 1.54) is 13.8 Å². The van der Waals surface area contributed by atoms with Crippen molar-refractivity contribution in [3.63, 3.8) is 0 Å². The minimum Gasteiger partial charge on any atom is -0.481 e. The Morgan fingerprint density at radius 2 is 1.32 bits per heavy atom. The first-order chi connectivity index (χ1) is 29.1. The van der Waals surface area contributed by atoms with Crippen molar-refractivity contribution in [1.82, 2.24) is 31.9 Å². The number of likely N-dealkylation sites (N-methyl/N-ethyl adjacent to an activating group) is 1. The summed E-state index contributed by atoms with van der Waals surface area (Å²) in [7, 11) is 0. The van der Waals surface area contributed by atoms with Gasteiger partial charge in [0.25, 0.3) is 0 Å². The van der Waals surface area contributed by atoms with Crippen molar-refractivity contribution in [2.75, 3.05) is 52.6 Å². The third-order valence-corrected chi connectivity index (χ3v) is 11.4. The van der Waals surface area contributed by atoms with E-state index in [1.54, 1.807) is 41.5 Å². The molecule has 0 aromatic heterocycles. The summed E-state index contributed by atoms with van der Waals surface area (Å²) < 4.78 is 9.73. The quantitative estimate of drug-likeness (QED) is 0.0330. The molecule has 1 aliphatic carbocycles. The van der Waals surface area contributed by atoms with Crippen LogP contribution in [0.5, 0.6) is 0 Å². The van der Waals surface area contributed by atoms with Crippen molar-refractivity contribution in [2.24, 2.45) is 17.3 Å². The Hall–Kier alpha value is -4.18. The maximum Gasteiger partial charge on any atom is 0.326 e. The number of ketones is 2. The van der Waals surface area contributed by atoms with Gasteiger partial charge in [0.15, 0.2) is 11.6 Å². The van der Waals surface area contributed by atoms with Crippen LogP contribution in [-0.4, -0.2) is 149 Å². The van der Waals surface area contributed by atoms with Crippen LogP contribution in [0.1, 0.15) is 113 Å². The number of ether oxygens (including phenoxy) is 2. The van der Waals surface area contributed by atoms with Gasteiger partial charge in [-0.3, -0.25) is 43.7 Å². The molecule has 4 amide bonds. The van der Waals surface area contributed by atoms with Gasteiger partial charge >= 0.3 is 17.9 Å². The monoisotopic (exact) mass is 916 g/mol. The van der Waals surface area contributed by atoms with Crippen LogP contribution in [0.2, 0.25) is 0 Å². The third kappa shape index (κ3) is 21.4. The molecule has 1 saturated carbocycles. The Balaban J connectivity index is 2.60. The van der Waals surface area contributed by atoms with Crippen LogP contribution < -0.4 is 31.9 Å². The van der Waals surface area contributed by atoms with Crippen LogP contribution in [-0.2, 0) is 52.6 Å². The van der Waals surface area contributed by atoms with Crippen LogP contribution in [0, 0.1) is 17.3 Å². The number of hydrogen-bond donors (Lipinski definition) is 10. The van der Waals surface area contributed by atoms with Gasteiger partial charge in [-0.2, -0.15) is 12.6 Å². The highest BCUT2D eigenvalue weighted by Crippen LogP contribution is 2.33. The van der Waals surface area contributed by atoms with E-state index in [2.05, 4.69) is 44.5 Å². The van der Waals surface area contributed by atoms with Gasteiger partial charge in [0.2, 0.25) is 23.6 Å². The van der Waals surface area contributed by atoms with Crippen molar-refractivity contribution in [1.29, 1.82) is 0 Å². The van der Waals surface area contributed by atoms with Crippen molar-refractivity contribution in [2.45, 2.75) is 141 Å². The molecule has 0 bridgehead atoms. The highest BCUT2D eigenvalue weighted by atomic mass is 32.1. The molecular weight excluding hydrogens is 845 g/mol. The number of carboxylic acid groups (broad SMARTS) is 3. The second-order valence-corrected chi connectivity index (χ2v) is 19.0. The maximum absolute atomic E-state index is 13.6. The Morgan fingerprint density at radius 3 is 1.89 bits per heavy atom. The minimum atomic E-state index is -1.41. The number of thiol groups is 1. The molecule has 0 aliphatic heterocycles. The first-order valence-corrected chi connectivity index (χ1v) is 21.9. The van der Waals surface area contributed by atoms with Gasteiger partial charge in [0.1, 0.15) is 12.6 Å². The van der Waals surface area contributed by atoms with E-state index in [9.17, 15) is 58.5 Å². The van der Waals surface area contributed by atoms with E-state index in [4.69, 9.17) is 9.47 Å². The minimum absolute atomic E-state index is 0.00848. The molecule has 3 unspecified atom stereocenters. The Labute approximate surface area is 375 Å². The molecule has 0 aromatic rings. The zero-order chi connectivity index (χ0) is 48.2. The average molecular weight is 917 g/mol. The molecule has 360 valence electrons. The Kier molecular flexibility index (Phi) is 24.0. The lowest BCUT2D eigenvalue weighted by atomic mass is 9.80. The van der Waals surface area contributed by atoms with Gasteiger partial charge in [-0.15, -0.1) is 0 Å². The van der Waals surface area contributed by atoms with Crippen molar-refractivity contribution in [3.05, 3.63) is 0 Å². The molecule has 1 fully saturated rings. The summed E-state index contributed by atoms with van der Waals surface area (Å²) in [5.74, 6) is -6.60. The summed E-state index contributed by atoms with van der Waals surface area (Å²) in [6.07, 6.45) is 0.699. The van der Waals surface area contributed by atoms with E-state index >= 15 is 0 Å². The van der Waals surface area contributed by atoms with E-state index in [-0.39, 0.29) is 82.8 Å². The summed E-state index contributed by atoms with van der Waals surface area (Å²) in [5.41, 5.74) is -3.39. The number of carbonyl (C=O) groups excluding carboxylic acids is 6. The number of rotatable bonds is 32. The highest BCUT2D eigenvalue weighted by Gasteiger charge is 2.40. The molecule has 0 heterocycles. The summed E-state index contributed by atoms with van der Waals surface area (Å²) >= 11 is 4.42. The summed E-state index contributed by atoms with van der Waals surface area (Å²) in [4.78, 5) is 112. The van der Waals surface area contributed by atoms with Gasteiger partial charge < -0.3 is 51.4 Å². The molecule has 9 N–H and O–H groups in total. The van der Waals surface area contributed by atoms with E-state index in [1.807, 2.05) is 0 Å². The molecule has 0 aromatic carbocycles. The number of carboxylic acids is 3. The van der Waals surface area contributed by atoms with Crippen molar-refractivity contribution < 1.29 is 67.9 Å². The number of nitrogens with one attached hydrogen (secondary N) is 6. The summed E-state index contributed by atoms with van der Waals surface area (Å²) in [6.45, 7) is 14.0. The molecule has 63 heavy (non-hydrogen) atoms. The number of amides is 4. The normalized spacial score (nSPS) is 17.6. The van der Waals surface area contributed by atoms with Crippen LogP contribution in [0.4, 0.5) is 0 Å². The Bertz CT molecular complexity index is 1600. The van der Waals surface area contributed by atoms with Crippen molar-refractivity contribution >= 4 is 65.7 Å². The lowest BCUT2D eigenvalue weighted by Crippen LogP contribution is -2.56. The second kappa shape index (κ2) is 26.6. The van der Waals surface area contributed by atoms with Gasteiger partial charge in [-0.05, 0) is 106 Å². The zero-order valence-corrected chi connectivity index (χ0v) is 39.0. The SMILES string of the molecule is CCNC(=O)CNC(C)(C)C(=O)COCCOCCNC(C)(C)C(=O)C(CCC(=O)O)NC(=O)CCC(NC(=O)C1CCC(CNC(=O)C(C)(S)CC(C)(C)C(=O)O)CC1)C(=O)O. The molecule has 0 radical (unpaired) electrons. The fourth-order valence-electron chi connectivity index (χ4n) is 6.88. The Morgan fingerprint density at radius 1 is 0.714 bits per heavy atom. The van der Waals surface area contributed by atoms with Gasteiger partial charge in [-0.25, -0.2) is 4.79 Å². The number of hydrogen-bond acceptors (Lipinski definition) is 14. The number of carbonyl (C=O) groups is 9. The van der Waals surface area contributed by atoms with E-state index < -0.39 is 87.1 Å². The molecular formula is C42H72N6O14S. The first kappa shape index (κ1) is 56.8. The van der Waals surface area contributed by atoms with E-state index in [0.29, 0.717) is 38.8 Å². The maximum atomic E-state index is 13.6. The molecule has 1 aliphatic rings. The van der Waals surface area contributed by atoms with Crippen molar-refractivity contribution in [3.8, 4) is 0 Å². The molecule has 1 rings (SSSR count). The lowest BCUT2D eigenvalue weighted by molar-refractivity contribution is -0.148. The predicted octanol–water partition coefficient (Wildman–Crippen LogP) is 0.842. The van der Waals surface area contributed by atoms with Crippen LogP contribution in [0.3, 0.4) is 0 Å². The number of Topliss-reactive ketones (excluding diaryl/α,β-unsaturated/α-hetero) is 2. The topological polar surface area (TPSA) is 305 Å². The standard InChI is InChI=1S/C42H72N6O14S/c1-9-43-32(51)23-46-40(4,5)30(49)24-62-21-20-61-19-18-45-41(6,7)34(54)28(15-17-33(52)53)47-31(50)16-14-29(36(56)57)48-35(55)27-12-10-26(11-13-27)22-44-37(58)42(8,63)25-39(2,3)38(59)60/h26-29,45-46,63H,9-25H2,1-8H3,(H,43,51)(H,44,58)(H,47,50)(H,48,55)(H,52,53)(H,56,57)(H,59,60). The molecule has 0 saturated heterocycles. The predicted molar refractivity (Wildman–Crippen MR) is 234 cm³/mol. The van der Waals surface area contributed by atoms with Crippen LogP contribution in [0.25, 0.3) is 0 Å². The average Bonchev–Trinajstić information content (AvgIpc) is 3.19. The van der Waals surface area contributed by atoms with Crippen LogP contribution in [0.15, 0.2) is 0 Å². The fraction of sp³-hybridized carbons (Fsp3) is 0.786. The largest absolute Gasteiger partial charge is 0.481 e. The smallest absolute Gasteiger partial charge is 0.326 e. The molecule has 21 heteroatoms. The summed E-state index contributed by atoms with van der Waals surface area (Å²) in [5, 5.41) is 45.1. The van der Waals surface area contributed by atoms with Gasteiger partial charge in [0, 0.05) is 38.4 Å². The molecule has 20 nitrogen and oxygen atoms in total. The lowest BCUT2D eigenvalue weighted by Gasteiger charge is -2.32. The summed E-state index contributed by atoms with van der Waals surface area (Å²) in [6, 6.07) is -2.63. The fourth-order valence-corrected chi connectivity index (χ4v) is 7.36. The highest BCUT2D eigenvalue weighted by molar-refractivity contribution is 7.82. The van der Waals surface area contributed by atoms with Gasteiger partial charge in [0.05, 0.1) is 53.6 Å². The third-order valence-electron chi connectivity index (χ3n) is 11.0.